The van der Waals surface area contributed by atoms with E-state index in [0.29, 0.717) is 17.4 Å². The van der Waals surface area contributed by atoms with Crippen molar-refractivity contribution in [2.75, 3.05) is 33.8 Å². The van der Waals surface area contributed by atoms with Crippen molar-refractivity contribution < 1.29 is 4.74 Å². The number of nitriles is 1. The van der Waals surface area contributed by atoms with Gasteiger partial charge in [-0.1, -0.05) is 13.0 Å². The molecule has 108 valence electrons. The van der Waals surface area contributed by atoms with E-state index in [2.05, 4.69) is 35.9 Å². The molecule has 4 nitrogen and oxygen atoms in total. The molecule has 0 radical (unpaired) electrons. The Morgan fingerprint density at radius 1 is 1.40 bits per heavy atom. The number of benzene rings is 1. The largest absolute Gasteiger partial charge is 0.495 e. The molecular weight excluding hydrogens is 250 g/mol. The molecule has 0 aromatic heterocycles. The van der Waals surface area contributed by atoms with Gasteiger partial charge >= 0.3 is 0 Å². The molecular formula is C16H23N3O. The minimum atomic E-state index is 0.617. The highest BCUT2D eigenvalue weighted by Gasteiger charge is 2.22. The maximum absolute atomic E-state index is 9.14. The molecule has 1 heterocycles. The molecule has 1 aliphatic rings. The van der Waals surface area contributed by atoms with Gasteiger partial charge in [0.15, 0.2) is 0 Å². The van der Waals surface area contributed by atoms with Gasteiger partial charge in [0.05, 0.1) is 12.7 Å². The van der Waals surface area contributed by atoms with Crippen LogP contribution in [0, 0.1) is 11.3 Å². The molecule has 0 bridgehead atoms. The summed E-state index contributed by atoms with van der Waals surface area (Å²) in [5.74, 6) is 0.654. The smallest absolute Gasteiger partial charge is 0.136 e. The van der Waals surface area contributed by atoms with Crippen LogP contribution >= 0.6 is 0 Å². The second-order valence-corrected chi connectivity index (χ2v) is 5.42. The molecule has 4 heteroatoms. The Hall–Kier alpha value is -1.57. The van der Waals surface area contributed by atoms with E-state index in [1.54, 1.807) is 7.11 Å². The highest BCUT2D eigenvalue weighted by molar-refractivity contribution is 5.45. The van der Waals surface area contributed by atoms with E-state index in [1.807, 2.05) is 12.1 Å². The van der Waals surface area contributed by atoms with E-state index in [0.717, 1.165) is 26.2 Å². The average Bonchev–Trinajstić information content (AvgIpc) is 2.49. The van der Waals surface area contributed by atoms with Crippen molar-refractivity contribution in [3.8, 4) is 11.8 Å². The first-order valence-corrected chi connectivity index (χ1v) is 7.17. The lowest BCUT2D eigenvalue weighted by Gasteiger charge is -2.39. The van der Waals surface area contributed by atoms with Crippen molar-refractivity contribution in [2.45, 2.75) is 25.9 Å². The third-order valence-corrected chi connectivity index (χ3v) is 4.12. The molecule has 0 N–H and O–H groups in total. The van der Waals surface area contributed by atoms with E-state index < -0.39 is 0 Å². The Morgan fingerprint density at radius 3 is 2.85 bits per heavy atom. The molecule has 0 amide bonds. The van der Waals surface area contributed by atoms with E-state index in [1.165, 1.54) is 12.0 Å². The number of likely N-dealkylation sites (N-methyl/N-ethyl adjacent to an activating group) is 1. The van der Waals surface area contributed by atoms with Gasteiger partial charge in [-0.2, -0.15) is 5.26 Å². The summed E-state index contributed by atoms with van der Waals surface area (Å²) in [4.78, 5) is 4.91. The van der Waals surface area contributed by atoms with Crippen molar-refractivity contribution in [3.05, 3.63) is 29.3 Å². The summed E-state index contributed by atoms with van der Waals surface area (Å²) in [7, 11) is 3.80. The molecule has 2 rings (SSSR count). The number of ether oxygens (including phenoxy) is 1. The average molecular weight is 273 g/mol. The van der Waals surface area contributed by atoms with Gasteiger partial charge in [-0.05, 0) is 31.2 Å². The van der Waals surface area contributed by atoms with Crippen LogP contribution in [0.4, 0.5) is 0 Å². The number of methoxy groups -OCH3 is 1. The van der Waals surface area contributed by atoms with Gasteiger partial charge in [0.2, 0.25) is 0 Å². The zero-order chi connectivity index (χ0) is 14.5. The van der Waals surface area contributed by atoms with Crippen LogP contribution in [0.5, 0.6) is 5.75 Å². The van der Waals surface area contributed by atoms with Crippen LogP contribution < -0.4 is 4.74 Å². The van der Waals surface area contributed by atoms with Crippen molar-refractivity contribution in [1.82, 2.24) is 9.80 Å². The highest BCUT2D eigenvalue weighted by atomic mass is 16.5. The van der Waals surface area contributed by atoms with E-state index >= 15 is 0 Å². The molecule has 0 aliphatic carbocycles. The van der Waals surface area contributed by atoms with Crippen LogP contribution in [0.2, 0.25) is 0 Å². The molecule has 1 atom stereocenters. The van der Waals surface area contributed by atoms with Crippen LogP contribution in [0.3, 0.4) is 0 Å². The topological polar surface area (TPSA) is 39.5 Å². The van der Waals surface area contributed by atoms with Gasteiger partial charge in [0, 0.05) is 32.2 Å². The lowest BCUT2D eigenvalue weighted by Crippen LogP contribution is -2.50. The maximum atomic E-state index is 9.14. The highest BCUT2D eigenvalue weighted by Crippen LogP contribution is 2.21. The standard InChI is InChI=1S/C16H23N3O/c1-4-15-12-19(8-7-18(15)2)11-13-5-6-16(20-3)14(9-13)10-17/h5-6,9,15H,4,7-8,11-12H2,1-3H3. The Kier molecular flexibility index (Phi) is 4.99. The van der Waals surface area contributed by atoms with Gasteiger partial charge in [0.25, 0.3) is 0 Å². The summed E-state index contributed by atoms with van der Waals surface area (Å²) in [6, 6.07) is 8.72. The van der Waals surface area contributed by atoms with Gasteiger partial charge in [-0.15, -0.1) is 0 Å². The van der Waals surface area contributed by atoms with Crippen molar-refractivity contribution >= 4 is 0 Å². The van der Waals surface area contributed by atoms with Crippen molar-refractivity contribution in [3.63, 3.8) is 0 Å². The normalized spacial score (nSPS) is 20.6. The Bertz CT molecular complexity index is 495. The van der Waals surface area contributed by atoms with E-state index in [-0.39, 0.29) is 0 Å². The third-order valence-electron chi connectivity index (χ3n) is 4.12. The molecule has 0 spiro atoms. The molecule has 1 aromatic rings. The molecule has 20 heavy (non-hydrogen) atoms. The summed E-state index contributed by atoms with van der Waals surface area (Å²) in [6.45, 7) is 6.44. The van der Waals surface area contributed by atoms with Gasteiger partial charge in [-0.3, -0.25) is 4.90 Å². The zero-order valence-electron chi connectivity index (χ0n) is 12.6. The number of hydrogen-bond donors (Lipinski definition) is 0. The molecule has 1 saturated heterocycles. The van der Waals surface area contributed by atoms with Crippen molar-refractivity contribution in [1.29, 1.82) is 5.26 Å². The number of nitrogens with zero attached hydrogens (tertiary/aromatic N) is 3. The quantitative estimate of drug-likeness (QED) is 0.842. The molecule has 1 unspecified atom stereocenters. The molecule has 0 saturated carbocycles. The van der Waals surface area contributed by atoms with Crippen LogP contribution in [-0.4, -0.2) is 49.6 Å². The summed E-state index contributed by atoms with van der Waals surface area (Å²) < 4.78 is 5.19. The molecule has 1 fully saturated rings. The van der Waals surface area contributed by atoms with Gasteiger partial charge in [0.1, 0.15) is 11.8 Å². The van der Waals surface area contributed by atoms with E-state index in [4.69, 9.17) is 10.00 Å². The fourth-order valence-electron chi connectivity index (χ4n) is 2.79. The molecule has 1 aliphatic heterocycles. The van der Waals surface area contributed by atoms with Crippen molar-refractivity contribution in [2.24, 2.45) is 0 Å². The fraction of sp³-hybridized carbons (Fsp3) is 0.562. The predicted molar refractivity (Wildman–Crippen MR) is 79.7 cm³/mol. The van der Waals surface area contributed by atoms with Crippen LogP contribution in [0.1, 0.15) is 24.5 Å². The molecule has 1 aromatic carbocycles. The lowest BCUT2D eigenvalue weighted by atomic mass is 10.1. The Morgan fingerprint density at radius 2 is 2.20 bits per heavy atom. The minimum absolute atomic E-state index is 0.617. The van der Waals surface area contributed by atoms with Crippen LogP contribution in [-0.2, 0) is 6.54 Å². The van der Waals surface area contributed by atoms with Gasteiger partial charge in [-0.25, -0.2) is 0 Å². The summed E-state index contributed by atoms with van der Waals surface area (Å²) in [6.07, 6.45) is 1.18. The summed E-state index contributed by atoms with van der Waals surface area (Å²) >= 11 is 0. The summed E-state index contributed by atoms with van der Waals surface area (Å²) in [5.41, 5.74) is 1.80. The first kappa shape index (κ1) is 14.8. The second kappa shape index (κ2) is 6.74. The number of piperazine rings is 1. The predicted octanol–water partition coefficient (Wildman–Crippen LogP) is 2.09. The number of hydrogen-bond acceptors (Lipinski definition) is 4. The first-order valence-electron chi connectivity index (χ1n) is 7.17. The fourth-order valence-corrected chi connectivity index (χ4v) is 2.79. The monoisotopic (exact) mass is 273 g/mol. The SMILES string of the molecule is CCC1CN(Cc2ccc(OC)c(C#N)c2)CCN1C. The minimum Gasteiger partial charge on any atom is -0.495 e. The maximum Gasteiger partial charge on any atom is 0.136 e. The van der Waals surface area contributed by atoms with Crippen LogP contribution in [0.25, 0.3) is 0 Å². The zero-order valence-corrected chi connectivity index (χ0v) is 12.6. The Balaban J connectivity index is 2.05. The second-order valence-electron chi connectivity index (χ2n) is 5.42. The lowest BCUT2D eigenvalue weighted by molar-refractivity contribution is 0.0883. The third kappa shape index (κ3) is 3.30. The van der Waals surface area contributed by atoms with Gasteiger partial charge < -0.3 is 9.64 Å². The first-order chi connectivity index (χ1) is 9.67. The van der Waals surface area contributed by atoms with Crippen LogP contribution in [0.15, 0.2) is 18.2 Å². The van der Waals surface area contributed by atoms with E-state index in [9.17, 15) is 0 Å². The Labute approximate surface area is 121 Å². The summed E-state index contributed by atoms with van der Waals surface area (Å²) in [5, 5.41) is 9.14. The number of rotatable bonds is 4.